The molecule has 0 aliphatic heterocycles. The minimum atomic E-state index is -3.91. The Morgan fingerprint density at radius 3 is 2.38 bits per heavy atom. The van der Waals surface area contributed by atoms with Gasteiger partial charge in [0.2, 0.25) is 10.0 Å². The van der Waals surface area contributed by atoms with Crippen LogP contribution in [0.3, 0.4) is 0 Å². The van der Waals surface area contributed by atoms with Crippen molar-refractivity contribution in [2.75, 3.05) is 0 Å². The van der Waals surface area contributed by atoms with Gasteiger partial charge >= 0.3 is 0 Å². The molecule has 1 aliphatic rings. The number of rotatable bonds is 5. The van der Waals surface area contributed by atoms with E-state index in [0.29, 0.717) is 5.92 Å². The highest BCUT2D eigenvalue weighted by Gasteiger charge is 2.34. The zero-order chi connectivity index (χ0) is 17.5. The average Bonchev–Trinajstić information content (AvgIpc) is 3.26. The van der Waals surface area contributed by atoms with Crippen LogP contribution in [-0.4, -0.2) is 14.3 Å². The van der Waals surface area contributed by atoms with Crippen molar-refractivity contribution in [1.82, 2.24) is 5.32 Å². The van der Waals surface area contributed by atoms with Gasteiger partial charge in [0.05, 0.1) is 6.04 Å². The van der Waals surface area contributed by atoms with Crippen molar-refractivity contribution in [2.45, 2.75) is 37.6 Å². The van der Waals surface area contributed by atoms with E-state index in [1.807, 2.05) is 31.2 Å². The molecule has 1 saturated carbocycles. The third-order valence-corrected chi connectivity index (χ3v) is 5.24. The molecule has 6 nitrogen and oxygen atoms in total. The molecule has 2 aromatic rings. The molecule has 128 valence electrons. The van der Waals surface area contributed by atoms with E-state index in [9.17, 15) is 13.2 Å². The summed E-state index contributed by atoms with van der Waals surface area (Å²) < 4.78 is 28.2. The van der Waals surface area contributed by atoms with Gasteiger partial charge < -0.3 is 9.73 Å². The second-order valence-corrected chi connectivity index (χ2v) is 7.81. The largest absolute Gasteiger partial charge is 0.455 e. The van der Waals surface area contributed by atoms with E-state index < -0.39 is 15.9 Å². The molecule has 24 heavy (non-hydrogen) atoms. The van der Waals surface area contributed by atoms with Crippen molar-refractivity contribution < 1.29 is 17.6 Å². The molecule has 0 saturated heterocycles. The van der Waals surface area contributed by atoms with Crippen LogP contribution in [0.15, 0.2) is 39.6 Å². The van der Waals surface area contributed by atoms with Crippen LogP contribution in [0.1, 0.15) is 46.3 Å². The number of primary sulfonamides is 1. The lowest BCUT2D eigenvalue weighted by molar-refractivity contribution is 0.0902. The Bertz CT molecular complexity index is 864. The highest BCUT2D eigenvalue weighted by atomic mass is 32.2. The topological polar surface area (TPSA) is 102 Å². The van der Waals surface area contributed by atoms with Crippen LogP contribution < -0.4 is 10.5 Å². The Labute approximate surface area is 141 Å². The van der Waals surface area contributed by atoms with Crippen molar-refractivity contribution in [3.8, 4) is 0 Å². The molecule has 1 atom stereocenters. The first-order valence-corrected chi connectivity index (χ1v) is 9.31. The van der Waals surface area contributed by atoms with E-state index in [-0.39, 0.29) is 22.5 Å². The number of hydrogen-bond acceptors (Lipinski definition) is 4. The second kappa shape index (κ2) is 6.07. The molecular weight excluding hydrogens is 328 g/mol. The molecule has 3 rings (SSSR count). The number of carbonyl (C=O) groups is 1. The molecule has 7 heteroatoms. The zero-order valence-corrected chi connectivity index (χ0v) is 14.4. The molecule has 0 unspecified atom stereocenters. The molecule has 1 aromatic carbocycles. The summed E-state index contributed by atoms with van der Waals surface area (Å²) >= 11 is 0. The van der Waals surface area contributed by atoms with Crippen LogP contribution >= 0.6 is 0 Å². The van der Waals surface area contributed by atoms with Crippen LogP contribution in [0.4, 0.5) is 0 Å². The van der Waals surface area contributed by atoms with E-state index in [1.165, 1.54) is 13.0 Å². The van der Waals surface area contributed by atoms with Crippen LogP contribution in [0.5, 0.6) is 0 Å². The first-order chi connectivity index (χ1) is 11.3. The number of hydrogen-bond donors (Lipinski definition) is 2. The minimum absolute atomic E-state index is 0.0470. The molecule has 0 bridgehead atoms. The number of carbonyl (C=O) groups excluding carboxylic acids is 1. The Morgan fingerprint density at radius 2 is 1.88 bits per heavy atom. The molecule has 1 fully saturated rings. The number of amides is 1. The van der Waals surface area contributed by atoms with Crippen molar-refractivity contribution in [1.29, 1.82) is 0 Å². The molecule has 1 heterocycles. The van der Waals surface area contributed by atoms with Crippen molar-refractivity contribution in [3.05, 3.63) is 53.0 Å². The predicted molar refractivity (Wildman–Crippen MR) is 88.9 cm³/mol. The number of nitrogens with one attached hydrogen (secondary N) is 1. The number of furan rings is 1. The minimum Gasteiger partial charge on any atom is -0.455 e. The highest BCUT2D eigenvalue weighted by Crippen LogP contribution is 2.41. The maximum atomic E-state index is 12.5. The zero-order valence-electron chi connectivity index (χ0n) is 13.6. The monoisotopic (exact) mass is 348 g/mol. The van der Waals surface area contributed by atoms with Crippen molar-refractivity contribution >= 4 is 15.9 Å². The smallest absolute Gasteiger partial charge is 0.287 e. The average molecular weight is 348 g/mol. The van der Waals surface area contributed by atoms with E-state index in [4.69, 9.17) is 9.56 Å². The standard InChI is InChI=1S/C17H20N2O4S/c1-10-3-5-12(6-4-10)16(13-7-8-13)19-17(20)14-9-15(11(2)23-14)24(18,21)22/h3-6,9,13,16H,7-8H2,1-2H3,(H,19,20)(H2,18,21,22)/t16-/m0/s1. The molecule has 3 N–H and O–H groups in total. The normalized spacial score (nSPS) is 16.0. The fourth-order valence-corrected chi connectivity index (χ4v) is 3.46. The lowest BCUT2D eigenvalue weighted by atomic mass is 10.0. The summed E-state index contributed by atoms with van der Waals surface area (Å²) in [7, 11) is -3.91. The maximum Gasteiger partial charge on any atom is 0.287 e. The second-order valence-electron chi connectivity index (χ2n) is 6.28. The lowest BCUT2D eigenvalue weighted by Gasteiger charge is -2.18. The predicted octanol–water partition coefficient (Wildman–Crippen LogP) is 2.42. The molecule has 1 aliphatic carbocycles. The summed E-state index contributed by atoms with van der Waals surface area (Å²) in [6.45, 7) is 3.48. The quantitative estimate of drug-likeness (QED) is 0.866. The van der Waals surface area contributed by atoms with Crippen LogP contribution in [0.2, 0.25) is 0 Å². The van der Waals surface area contributed by atoms with E-state index >= 15 is 0 Å². The van der Waals surface area contributed by atoms with E-state index in [1.54, 1.807) is 0 Å². The fourth-order valence-electron chi connectivity index (χ4n) is 2.75. The molecule has 0 spiro atoms. The number of sulfonamides is 1. The first kappa shape index (κ1) is 16.7. The SMILES string of the molecule is Cc1ccc([C@H](NC(=O)c2cc(S(N)(=O)=O)c(C)o2)C2CC2)cc1. The van der Waals surface area contributed by atoms with E-state index in [2.05, 4.69) is 5.32 Å². The Morgan fingerprint density at radius 1 is 1.25 bits per heavy atom. The summed E-state index contributed by atoms with van der Waals surface area (Å²) in [5.74, 6) is 0.0196. The summed E-state index contributed by atoms with van der Waals surface area (Å²) in [6, 6.07) is 9.09. The van der Waals surface area contributed by atoms with Gasteiger partial charge in [0, 0.05) is 6.07 Å². The Kier molecular flexibility index (Phi) is 4.23. The van der Waals surface area contributed by atoms with Gasteiger partial charge in [0.25, 0.3) is 5.91 Å². The summed E-state index contributed by atoms with van der Waals surface area (Å²) in [4.78, 5) is 12.3. The van der Waals surface area contributed by atoms with Gasteiger partial charge in [0.1, 0.15) is 10.7 Å². The number of nitrogens with two attached hydrogens (primary N) is 1. The van der Waals surface area contributed by atoms with Gasteiger partial charge in [-0.1, -0.05) is 29.8 Å². The van der Waals surface area contributed by atoms with E-state index in [0.717, 1.165) is 24.0 Å². The summed E-state index contributed by atoms with van der Waals surface area (Å²) in [5.41, 5.74) is 2.19. The number of aryl methyl sites for hydroxylation is 2. The van der Waals surface area contributed by atoms with Crippen molar-refractivity contribution in [2.24, 2.45) is 11.1 Å². The molecular formula is C17H20N2O4S. The summed E-state index contributed by atoms with van der Waals surface area (Å²) in [6.07, 6.45) is 2.11. The van der Waals surface area contributed by atoms with Gasteiger partial charge in [-0.2, -0.15) is 0 Å². The third kappa shape index (κ3) is 3.52. The van der Waals surface area contributed by atoms with Crippen molar-refractivity contribution in [3.63, 3.8) is 0 Å². The summed E-state index contributed by atoms with van der Waals surface area (Å²) in [5, 5.41) is 8.07. The Hall–Kier alpha value is -2.12. The van der Waals surface area contributed by atoms with Gasteiger partial charge in [0.15, 0.2) is 5.76 Å². The fraction of sp³-hybridized carbons (Fsp3) is 0.353. The van der Waals surface area contributed by atoms with Gasteiger partial charge in [-0.05, 0) is 38.2 Å². The van der Waals surface area contributed by atoms with Gasteiger partial charge in [-0.15, -0.1) is 0 Å². The number of benzene rings is 1. The lowest BCUT2D eigenvalue weighted by Crippen LogP contribution is -2.29. The van der Waals surface area contributed by atoms with Gasteiger partial charge in [-0.25, -0.2) is 13.6 Å². The molecule has 1 amide bonds. The van der Waals surface area contributed by atoms with Crippen LogP contribution in [0.25, 0.3) is 0 Å². The van der Waals surface area contributed by atoms with Crippen LogP contribution in [0, 0.1) is 19.8 Å². The maximum absolute atomic E-state index is 12.5. The molecule has 1 aromatic heterocycles. The first-order valence-electron chi connectivity index (χ1n) is 7.76. The van der Waals surface area contributed by atoms with Crippen LogP contribution in [-0.2, 0) is 10.0 Å². The Balaban J connectivity index is 1.83. The van der Waals surface area contributed by atoms with Gasteiger partial charge in [-0.3, -0.25) is 4.79 Å². The molecule has 0 radical (unpaired) electrons. The highest BCUT2D eigenvalue weighted by molar-refractivity contribution is 7.89. The third-order valence-electron chi connectivity index (χ3n) is 4.22.